The first kappa shape index (κ1) is 15.3. The number of hydrogen-bond acceptors (Lipinski definition) is 6. The van der Waals surface area contributed by atoms with Gasteiger partial charge in [-0.15, -0.1) is 5.10 Å². The van der Waals surface area contributed by atoms with Gasteiger partial charge in [-0.05, 0) is 25.5 Å². The molecule has 0 saturated carbocycles. The van der Waals surface area contributed by atoms with Crippen molar-refractivity contribution in [1.82, 2.24) is 9.78 Å². The number of amides is 1. The Kier molecular flexibility index (Phi) is 3.36. The molecule has 10 heteroatoms. The van der Waals surface area contributed by atoms with E-state index in [1.54, 1.807) is 13.8 Å². The molecular weight excluding hydrogens is 322 g/mol. The number of furan rings is 2. The van der Waals surface area contributed by atoms with Gasteiger partial charge in [0.15, 0.2) is 17.2 Å². The van der Waals surface area contributed by atoms with Crippen LogP contribution in [0.1, 0.15) is 32.4 Å². The van der Waals surface area contributed by atoms with Gasteiger partial charge in [0.1, 0.15) is 11.3 Å². The molecule has 3 aromatic rings. The van der Waals surface area contributed by atoms with E-state index >= 15 is 0 Å². The second-order valence-electron chi connectivity index (χ2n) is 4.98. The Morgan fingerprint density at radius 1 is 1.12 bits per heavy atom. The summed E-state index contributed by atoms with van der Waals surface area (Å²) < 4.78 is 10.8. The molecule has 0 aliphatic carbocycles. The summed E-state index contributed by atoms with van der Waals surface area (Å²) in [5, 5.41) is 24.1. The van der Waals surface area contributed by atoms with E-state index in [2.05, 4.69) is 10.4 Å². The number of aryl methyl sites for hydroxylation is 2. The zero-order chi connectivity index (χ0) is 17.6. The highest BCUT2D eigenvalue weighted by molar-refractivity contribution is 6.07. The second kappa shape index (κ2) is 5.26. The lowest BCUT2D eigenvalue weighted by Crippen LogP contribution is -2.14. The molecule has 0 unspecified atom stereocenters. The predicted molar refractivity (Wildman–Crippen MR) is 78.5 cm³/mol. The molecule has 1 amide bonds. The number of nitrogens with zero attached hydrogens (tertiary/aromatic N) is 2. The maximum Gasteiger partial charge on any atom is 0.432 e. The Hall–Kier alpha value is -3.56. The fraction of sp³-hybridized carbons (Fsp3) is 0.143. The summed E-state index contributed by atoms with van der Waals surface area (Å²) in [5.74, 6) is -2.18. The van der Waals surface area contributed by atoms with E-state index in [1.165, 1.54) is 6.07 Å². The van der Waals surface area contributed by atoms with Crippen molar-refractivity contribution in [3.8, 4) is 0 Å². The second-order valence-corrected chi connectivity index (χ2v) is 4.98. The summed E-state index contributed by atoms with van der Waals surface area (Å²) in [6.45, 7) is 3.45. The number of carboxylic acids is 1. The fourth-order valence-electron chi connectivity index (χ4n) is 2.09. The third kappa shape index (κ3) is 2.39. The lowest BCUT2D eigenvalue weighted by molar-refractivity contribution is 0.0665. The highest BCUT2D eigenvalue weighted by Crippen LogP contribution is 2.27. The van der Waals surface area contributed by atoms with Gasteiger partial charge in [-0.2, -0.15) is 4.68 Å². The van der Waals surface area contributed by atoms with E-state index in [9.17, 15) is 14.4 Å². The van der Waals surface area contributed by atoms with Gasteiger partial charge in [-0.1, -0.05) is 0 Å². The minimum absolute atomic E-state index is 0.00744. The number of rotatable bonds is 3. The summed E-state index contributed by atoms with van der Waals surface area (Å²) in [4.78, 5) is 34.3. The molecule has 0 aliphatic rings. The number of aromatic nitrogens is 2. The fourth-order valence-corrected chi connectivity index (χ4v) is 2.09. The van der Waals surface area contributed by atoms with E-state index in [4.69, 9.17) is 19.0 Å². The minimum atomic E-state index is -1.46. The first-order valence-electron chi connectivity index (χ1n) is 6.65. The molecular formula is C14H11N3O7. The third-order valence-electron chi connectivity index (χ3n) is 3.37. The van der Waals surface area contributed by atoms with Gasteiger partial charge < -0.3 is 19.0 Å². The number of fused-ring (bicyclic) bond motifs is 1. The molecule has 124 valence electrons. The number of anilines is 1. The van der Waals surface area contributed by atoms with Crippen LogP contribution in [0.25, 0.3) is 11.1 Å². The summed E-state index contributed by atoms with van der Waals surface area (Å²) in [6.07, 6.45) is -1.46. The Morgan fingerprint density at radius 2 is 1.83 bits per heavy atom. The summed E-state index contributed by atoms with van der Waals surface area (Å²) in [6, 6.07) is 2.52. The van der Waals surface area contributed by atoms with E-state index < -0.39 is 23.7 Å². The van der Waals surface area contributed by atoms with E-state index in [0.717, 1.165) is 11.6 Å². The number of carboxylic acid groups (broad SMARTS) is 2. The van der Waals surface area contributed by atoms with Crippen LogP contribution in [0.5, 0.6) is 0 Å². The van der Waals surface area contributed by atoms with Crippen LogP contribution in [0.3, 0.4) is 0 Å². The zero-order valence-electron chi connectivity index (χ0n) is 12.5. The number of carbonyl (C=O) groups excluding carboxylic acids is 1. The quantitative estimate of drug-likeness (QED) is 0.661. The average molecular weight is 333 g/mol. The molecule has 10 nitrogen and oxygen atoms in total. The van der Waals surface area contributed by atoms with Crippen LogP contribution < -0.4 is 5.32 Å². The SMILES string of the molecule is Cc1cc(C(=O)Nc2nn(C(=O)O)c3cc(C(=O)O)oc23)oc1C. The van der Waals surface area contributed by atoms with Crippen molar-refractivity contribution < 1.29 is 33.4 Å². The standard InChI is InChI=1S/C14H11N3O7/c1-5-3-8(23-6(5)2)12(18)15-11-10-7(17(16-11)14(21)22)4-9(24-10)13(19)20/h3-4H,1-2H3,(H,19,20)(H,21,22)(H,15,16,18). The van der Waals surface area contributed by atoms with Gasteiger partial charge in [-0.3, -0.25) is 10.1 Å². The van der Waals surface area contributed by atoms with Gasteiger partial charge in [0, 0.05) is 6.07 Å². The van der Waals surface area contributed by atoms with Crippen LogP contribution >= 0.6 is 0 Å². The maximum absolute atomic E-state index is 12.2. The monoisotopic (exact) mass is 333 g/mol. The molecule has 0 radical (unpaired) electrons. The molecule has 3 N–H and O–H groups in total. The van der Waals surface area contributed by atoms with Crippen molar-refractivity contribution in [3.63, 3.8) is 0 Å². The molecule has 0 saturated heterocycles. The van der Waals surface area contributed by atoms with Crippen LogP contribution in [0, 0.1) is 13.8 Å². The first-order chi connectivity index (χ1) is 11.3. The Labute approximate surface area is 133 Å². The summed E-state index contributed by atoms with van der Waals surface area (Å²) in [5.41, 5.74) is 0.512. The van der Waals surface area contributed by atoms with Gasteiger partial charge in [-0.25, -0.2) is 9.59 Å². The van der Waals surface area contributed by atoms with Gasteiger partial charge in [0.05, 0.1) is 0 Å². The topological polar surface area (TPSA) is 148 Å². The minimum Gasteiger partial charge on any atom is -0.475 e. The smallest absolute Gasteiger partial charge is 0.432 e. The number of hydrogen-bond donors (Lipinski definition) is 3. The molecule has 24 heavy (non-hydrogen) atoms. The van der Waals surface area contributed by atoms with Crippen LogP contribution in [0.4, 0.5) is 10.6 Å². The Balaban J connectivity index is 2.03. The normalized spacial score (nSPS) is 10.9. The maximum atomic E-state index is 12.2. The predicted octanol–water partition coefficient (Wildman–Crippen LogP) is 2.32. The van der Waals surface area contributed by atoms with Crippen molar-refractivity contribution in [2.75, 3.05) is 5.32 Å². The number of nitrogens with one attached hydrogen (secondary N) is 1. The average Bonchev–Trinajstić information content (AvgIpc) is 3.15. The molecule has 0 aliphatic heterocycles. The van der Waals surface area contributed by atoms with Gasteiger partial charge in [0.2, 0.25) is 5.76 Å². The van der Waals surface area contributed by atoms with Crippen LogP contribution in [-0.2, 0) is 0 Å². The van der Waals surface area contributed by atoms with E-state index in [1.807, 2.05) is 0 Å². The van der Waals surface area contributed by atoms with Crippen molar-refractivity contribution in [2.24, 2.45) is 0 Å². The molecule has 3 aromatic heterocycles. The number of aromatic carboxylic acids is 1. The lowest BCUT2D eigenvalue weighted by Gasteiger charge is -1.98. The molecule has 0 atom stereocenters. The summed E-state index contributed by atoms with van der Waals surface area (Å²) in [7, 11) is 0. The van der Waals surface area contributed by atoms with Gasteiger partial charge in [0.25, 0.3) is 5.91 Å². The first-order valence-corrected chi connectivity index (χ1v) is 6.65. The van der Waals surface area contributed by atoms with Crippen LogP contribution in [0.2, 0.25) is 0 Å². The highest BCUT2D eigenvalue weighted by Gasteiger charge is 2.24. The Bertz CT molecular complexity index is 972. The number of carbonyl (C=O) groups is 3. The molecule has 3 rings (SSSR count). The Morgan fingerprint density at radius 3 is 2.38 bits per heavy atom. The van der Waals surface area contributed by atoms with Gasteiger partial charge >= 0.3 is 12.1 Å². The van der Waals surface area contributed by atoms with Crippen molar-refractivity contribution >= 4 is 34.9 Å². The lowest BCUT2D eigenvalue weighted by atomic mass is 10.3. The molecule has 0 spiro atoms. The highest BCUT2D eigenvalue weighted by atomic mass is 16.4. The molecule has 0 bridgehead atoms. The molecule has 0 fully saturated rings. The summed E-state index contributed by atoms with van der Waals surface area (Å²) >= 11 is 0. The van der Waals surface area contributed by atoms with Crippen molar-refractivity contribution in [1.29, 1.82) is 0 Å². The van der Waals surface area contributed by atoms with E-state index in [0.29, 0.717) is 10.4 Å². The van der Waals surface area contributed by atoms with Crippen LogP contribution in [-0.4, -0.2) is 38.0 Å². The zero-order valence-corrected chi connectivity index (χ0v) is 12.5. The largest absolute Gasteiger partial charge is 0.475 e. The van der Waals surface area contributed by atoms with Crippen LogP contribution in [0.15, 0.2) is 21.0 Å². The third-order valence-corrected chi connectivity index (χ3v) is 3.37. The van der Waals surface area contributed by atoms with E-state index in [-0.39, 0.29) is 22.7 Å². The van der Waals surface area contributed by atoms with Crippen molar-refractivity contribution in [3.05, 3.63) is 35.0 Å². The molecule has 3 heterocycles. The molecule has 0 aromatic carbocycles. The van der Waals surface area contributed by atoms with Crippen molar-refractivity contribution in [2.45, 2.75) is 13.8 Å².